The minimum absolute atomic E-state index is 1.15. The van der Waals surface area contributed by atoms with Crippen LogP contribution in [-0.4, -0.2) is 0 Å². The molecule has 0 aliphatic rings. The molecule has 0 radical (unpaired) electrons. The molecule has 5 aromatic rings. The molecule has 0 N–H and O–H groups in total. The average Bonchev–Trinajstić information content (AvgIpc) is 2.83. The van der Waals surface area contributed by atoms with Crippen molar-refractivity contribution in [2.24, 2.45) is 0 Å². The van der Waals surface area contributed by atoms with Crippen molar-refractivity contribution in [2.75, 3.05) is 0 Å². The monoisotopic (exact) mass is 382 g/mol. The van der Waals surface area contributed by atoms with Crippen molar-refractivity contribution in [3.05, 3.63) is 121 Å². The zero-order chi connectivity index (χ0) is 20.5. The smallest absolute Gasteiger partial charge is 0.00990 e. The van der Waals surface area contributed by atoms with Gasteiger partial charge in [-0.05, 0) is 67.1 Å². The average molecular weight is 383 g/mol. The van der Waals surface area contributed by atoms with Crippen LogP contribution in [-0.2, 0) is 0 Å². The lowest BCUT2D eigenvalue weighted by Gasteiger charge is -2.12. The highest BCUT2D eigenvalue weighted by Gasteiger charge is 2.08. The molecule has 5 rings (SSSR count). The van der Waals surface area contributed by atoms with Crippen LogP contribution in [0.2, 0.25) is 0 Å². The summed E-state index contributed by atoms with van der Waals surface area (Å²) in [4.78, 5) is 0. The number of hydrogen-bond acceptors (Lipinski definition) is 0. The van der Waals surface area contributed by atoms with E-state index in [2.05, 4.69) is 110 Å². The van der Waals surface area contributed by atoms with Gasteiger partial charge in [-0.25, -0.2) is 0 Å². The summed E-state index contributed by atoms with van der Waals surface area (Å²) < 4.78 is 0. The molecular weight excluding hydrogens is 360 g/mol. The number of rotatable bonds is 4. The van der Waals surface area contributed by atoms with Crippen LogP contribution >= 0.6 is 0 Å². The lowest BCUT2D eigenvalue weighted by molar-refractivity contribution is 1.61. The number of hydrogen-bond donors (Lipinski definition) is 0. The largest absolute Gasteiger partial charge is 0.0984 e. The van der Waals surface area contributed by atoms with E-state index in [0.29, 0.717) is 0 Å². The molecule has 0 saturated carbocycles. The molecule has 0 saturated heterocycles. The summed E-state index contributed by atoms with van der Waals surface area (Å²) >= 11 is 0. The van der Waals surface area contributed by atoms with Crippen molar-refractivity contribution in [1.29, 1.82) is 0 Å². The molecule has 0 spiro atoms. The predicted molar refractivity (Wildman–Crippen MR) is 133 cm³/mol. The molecule has 0 aliphatic carbocycles. The second-order valence-electron chi connectivity index (χ2n) is 7.52. The van der Waals surface area contributed by atoms with Crippen LogP contribution < -0.4 is 0 Å². The van der Waals surface area contributed by atoms with Gasteiger partial charge in [-0.15, -0.1) is 0 Å². The third-order valence-corrected chi connectivity index (χ3v) is 5.82. The van der Waals surface area contributed by atoms with Gasteiger partial charge in [0.1, 0.15) is 0 Å². The summed E-state index contributed by atoms with van der Waals surface area (Å²) in [6, 6.07) is 34.7. The predicted octanol–water partition coefficient (Wildman–Crippen LogP) is 8.61. The van der Waals surface area contributed by atoms with E-state index >= 15 is 0 Å². The van der Waals surface area contributed by atoms with Crippen LogP contribution in [0.4, 0.5) is 0 Å². The van der Waals surface area contributed by atoms with Gasteiger partial charge in [0.05, 0.1) is 0 Å². The molecule has 0 bridgehead atoms. The first kappa shape index (κ1) is 18.1. The maximum Gasteiger partial charge on any atom is -0.00990 e. The van der Waals surface area contributed by atoms with Crippen molar-refractivity contribution in [3.8, 4) is 22.3 Å². The Balaban J connectivity index is 1.77. The van der Waals surface area contributed by atoms with E-state index in [1.807, 2.05) is 12.2 Å². The van der Waals surface area contributed by atoms with Crippen LogP contribution in [0.15, 0.2) is 110 Å². The molecular formula is C30H22. The minimum atomic E-state index is 1.15. The Morgan fingerprint density at radius 1 is 0.467 bits per heavy atom. The van der Waals surface area contributed by atoms with Crippen molar-refractivity contribution < 1.29 is 0 Å². The van der Waals surface area contributed by atoms with E-state index in [1.54, 1.807) is 0 Å². The molecule has 5 aromatic carbocycles. The van der Waals surface area contributed by atoms with Gasteiger partial charge < -0.3 is 0 Å². The standard InChI is InChI=1S/C30H22/c1-3-21-9-5-7-11-27(21)25-17-15-23-13-14-24-16-18-26(20-30(24)29(23)19-25)28-12-8-6-10-22(28)4-2/h3-20H,1-2H2. The topological polar surface area (TPSA) is 0 Å². The van der Waals surface area contributed by atoms with E-state index in [9.17, 15) is 0 Å². The summed E-state index contributed by atoms with van der Waals surface area (Å²) in [5.41, 5.74) is 7.14. The Hall–Kier alpha value is -3.90. The highest BCUT2D eigenvalue weighted by atomic mass is 14.1. The number of fused-ring (bicyclic) bond motifs is 3. The van der Waals surface area contributed by atoms with Gasteiger partial charge in [0.15, 0.2) is 0 Å². The quantitative estimate of drug-likeness (QED) is 0.273. The van der Waals surface area contributed by atoms with E-state index in [0.717, 1.165) is 11.1 Å². The second kappa shape index (κ2) is 7.50. The van der Waals surface area contributed by atoms with Gasteiger partial charge in [0.2, 0.25) is 0 Å². The molecule has 0 aliphatic heterocycles. The first-order valence-corrected chi connectivity index (χ1v) is 10.2. The normalized spacial score (nSPS) is 10.9. The molecule has 0 amide bonds. The highest BCUT2D eigenvalue weighted by molar-refractivity contribution is 6.10. The fourth-order valence-corrected chi connectivity index (χ4v) is 4.26. The number of benzene rings is 5. The molecule has 0 aromatic heterocycles. The van der Waals surface area contributed by atoms with Gasteiger partial charge in [-0.1, -0.05) is 110 Å². The molecule has 0 heterocycles. The molecule has 0 fully saturated rings. The van der Waals surface area contributed by atoms with Gasteiger partial charge in [0.25, 0.3) is 0 Å². The Kier molecular flexibility index (Phi) is 4.53. The van der Waals surface area contributed by atoms with Crippen molar-refractivity contribution >= 4 is 33.7 Å². The van der Waals surface area contributed by atoms with Crippen LogP contribution in [0.3, 0.4) is 0 Å². The zero-order valence-corrected chi connectivity index (χ0v) is 16.8. The summed E-state index contributed by atoms with van der Waals surface area (Å²) in [5, 5.41) is 5.02. The first-order valence-electron chi connectivity index (χ1n) is 10.2. The summed E-state index contributed by atoms with van der Waals surface area (Å²) in [7, 11) is 0. The Morgan fingerprint density at radius 2 is 0.867 bits per heavy atom. The second-order valence-corrected chi connectivity index (χ2v) is 7.52. The van der Waals surface area contributed by atoms with Crippen LogP contribution in [0, 0.1) is 0 Å². The third-order valence-electron chi connectivity index (χ3n) is 5.82. The fraction of sp³-hybridized carbons (Fsp3) is 0. The molecule has 0 atom stereocenters. The maximum atomic E-state index is 3.98. The Bertz CT molecular complexity index is 1310. The summed E-state index contributed by atoms with van der Waals surface area (Å²) in [6.45, 7) is 7.97. The lowest BCUT2D eigenvalue weighted by atomic mass is 9.92. The molecule has 0 unspecified atom stereocenters. The third kappa shape index (κ3) is 3.03. The molecule has 0 heteroatoms. The fourth-order valence-electron chi connectivity index (χ4n) is 4.26. The van der Waals surface area contributed by atoms with Gasteiger partial charge in [0, 0.05) is 0 Å². The molecule has 142 valence electrons. The minimum Gasteiger partial charge on any atom is -0.0984 e. The maximum absolute atomic E-state index is 3.98. The van der Waals surface area contributed by atoms with Crippen LogP contribution in [0.25, 0.3) is 56.0 Å². The first-order chi connectivity index (χ1) is 14.8. The summed E-state index contributed by atoms with van der Waals surface area (Å²) in [6.07, 6.45) is 3.85. The van der Waals surface area contributed by atoms with E-state index in [-0.39, 0.29) is 0 Å². The highest BCUT2D eigenvalue weighted by Crippen LogP contribution is 2.34. The van der Waals surface area contributed by atoms with Crippen molar-refractivity contribution in [1.82, 2.24) is 0 Å². The molecule has 0 nitrogen and oxygen atoms in total. The van der Waals surface area contributed by atoms with Gasteiger partial charge in [-0.2, -0.15) is 0 Å². The SMILES string of the molecule is C=Cc1ccccc1-c1ccc2ccc3ccc(-c4ccccc4C=C)cc3c2c1. The van der Waals surface area contributed by atoms with Crippen LogP contribution in [0.5, 0.6) is 0 Å². The van der Waals surface area contributed by atoms with Crippen LogP contribution in [0.1, 0.15) is 11.1 Å². The van der Waals surface area contributed by atoms with E-state index in [1.165, 1.54) is 43.8 Å². The van der Waals surface area contributed by atoms with Crippen molar-refractivity contribution in [3.63, 3.8) is 0 Å². The zero-order valence-electron chi connectivity index (χ0n) is 16.8. The molecule has 30 heavy (non-hydrogen) atoms. The summed E-state index contributed by atoms with van der Waals surface area (Å²) in [5.74, 6) is 0. The van der Waals surface area contributed by atoms with E-state index in [4.69, 9.17) is 0 Å². The van der Waals surface area contributed by atoms with Crippen molar-refractivity contribution in [2.45, 2.75) is 0 Å². The van der Waals surface area contributed by atoms with E-state index < -0.39 is 0 Å². The lowest BCUT2D eigenvalue weighted by Crippen LogP contribution is -1.86. The van der Waals surface area contributed by atoms with Gasteiger partial charge in [-0.3, -0.25) is 0 Å². The Labute approximate surface area is 177 Å². The Morgan fingerprint density at radius 3 is 1.30 bits per heavy atom. The van der Waals surface area contributed by atoms with Gasteiger partial charge >= 0.3 is 0 Å².